The molecule has 2 fully saturated rings. The van der Waals surface area contributed by atoms with Crippen LogP contribution in [-0.2, 0) is 6.18 Å². The molecule has 1 saturated carbocycles. The fourth-order valence-corrected chi connectivity index (χ4v) is 6.57. The Bertz CT molecular complexity index is 1600. The molecule has 3 aliphatic heterocycles. The highest BCUT2D eigenvalue weighted by molar-refractivity contribution is 5.89. The van der Waals surface area contributed by atoms with Crippen LogP contribution in [0, 0.1) is 0 Å². The summed E-state index contributed by atoms with van der Waals surface area (Å²) in [5, 5.41) is 2.42. The zero-order chi connectivity index (χ0) is 28.2. The number of likely N-dealkylation sites (N-methyl/N-ethyl adjacent to an activating group) is 1. The van der Waals surface area contributed by atoms with Gasteiger partial charge in [-0.15, -0.1) is 4.59 Å². The fourth-order valence-electron chi connectivity index (χ4n) is 6.57. The van der Waals surface area contributed by atoms with E-state index in [-0.39, 0.29) is 15.6 Å². The van der Waals surface area contributed by atoms with E-state index in [1.54, 1.807) is 24.4 Å². The number of quaternary nitrogens is 1. The van der Waals surface area contributed by atoms with Gasteiger partial charge in [-0.3, -0.25) is 9.89 Å². The number of rotatable bonds is 5. The SMILES string of the molecule is CN1CCN(C2(N(c3ccc4c(C(F)(F)F)cc(-c5ccccc5)nc4c3)[N+]34C=CN=CC3=CN=C4)CCC2)CC1. The first kappa shape index (κ1) is 26.1. The van der Waals surface area contributed by atoms with E-state index >= 15 is 0 Å². The van der Waals surface area contributed by atoms with Gasteiger partial charge in [-0.25, -0.2) is 9.98 Å². The molecule has 1 unspecified atom stereocenters. The number of alkyl halides is 3. The summed E-state index contributed by atoms with van der Waals surface area (Å²) in [7, 11) is 2.14. The lowest BCUT2D eigenvalue weighted by atomic mass is 9.81. The zero-order valence-corrected chi connectivity index (χ0v) is 22.8. The molecule has 41 heavy (non-hydrogen) atoms. The third kappa shape index (κ3) is 4.20. The minimum absolute atomic E-state index is 0.0877. The molecule has 0 N–H and O–H groups in total. The molecule has 2 aromatic carbocycles. The lowest BCUT2D eigenvalue weighted by Gasteiger charge is -2.60. The number of anilines is 1. The van der Waals surface area contributed by atoms with Gasteiger partial charge in [-0.05, 0) is 50.6 Å². The van der Waals surface area contributed by atoms with Crippen LogP contribution in [0.25, 0.3) is 22.2 Å². The summed E-state index contributed by atoms with van der Waals surface area (Å²) in [4.78, 5) is 18.6. The first-order chi connectivity index (χ1) is 19.8. The molecule has 1 aliphatic carbocycles. The summed E-state index contributed by atoms with van der Waals surface area (Å²) >= 11 is 0. The predicted molar refractivity (Wildman–Crippen MR) is 155 cm³/mol. The van der Waals surface area contributed by atoms with Gasteiger partial charge in [-0.2, -0.15) is 18.2 Å². The number of hydrogen-bond acceptors (Lipinski definition) is 6. The Kier molecular flexibility index (Phi) is 6.11. The summed E-state index contributed by atoms with van der Waals surface area (Å²) in [5.41, 5.74) is 1.90. The van der Waals surface area contributed by atoms with Crippen LogP contribution in [0.4, 0.5) is 18.9 Å². The van der Waals surface area contributed by atoms with Gasteiger partial charge in [0.25, 0.3) is 0 Å². The van der Waals surface area contributed by atoms with Crippen molar-refractivity contribution in [3.63, 3.8) is 0 Å². The van der Waals surface area contributed by atoms with Crippen molar-refractivity contribution in [2.75, 3.05) is 38.2 Å². The summed E-state index contributed by atoms with van der Waals surface area (Å²) < 4.78 is 43.3. The van der Waals surface area contributed by atoms with Crippen LogP contribution in [0.2, 0.25) is 0 Å². The van der Waals surface area contributed by atoms with Crippen LogP contribution in [0.15, 0.2) is 88.9 Å². The fraction of sp³-hybridized carbons (Fsp3) is 0.323. The molecule has 10 heteroatoms. The zero-order valence-electron chi connectivity index (χ0n) is 22.8. The van der Waals surface area contributed by atoms with E-state index in [1.807, 2.05) is 55.3 Å². The summed E-state index contributed by atoms with van der Waals surface area (Å²) in [6.07, 6.45) is 7.69. The van der Waals surface area contributed by atoms with E-state index in [2.05, 4.69) is 31.8 Å². The highest BCUT2D eigenvalue weighted by Gasteiger charge is 2.58. The molecule has 0 amide bonds. The molecule has 7 nitrogen and oxygen atoms in total. The van der Waals surface area contributed by atoms with Crippen LogP contribution in [0.1, 0.15) is 24.8 Å². The Morgan fingerprint density at radius 3 is 2.44 bits per heavy atom. The Labute approximate surface area is 236 Å². The number of benzene rings is 2. The summed E-state index contributed by atoms with van der Waals surface area (Å²) in [5.74, 6) is 0. The minimum atomic E-state index is -4.52. The molecule has 1 saturated heterocycles. The lowest BCUT2D eigenvalue weighted by molar-refractivity contribution is -0.754. The molecule has 3 aromatic rings. The average Bonchev–Trinajstić information content (AvgIpc) is 3.39. The number of halogens is 3. The van der Waals surface area contributed by atoms with Gasteiger partial charge >= 0.3 is 6.18 Å². The number of allylic oxidation sites excluding steroid dienone is 1. The Balaban J connectivity index is 1.44. The Morgan fingerprint density at radius 1 is 0.951 bits per heavy atom. The molecule has 1 atom stereocenters. The van der Waals surface area contributed by atoms with Crippen molar-refractivity contribution in [2.45, 2.75) is 31.1 Å². The Hall–Kier alpha value is -3.86. The van der Waals surface area contributed by atoms with Gasteiger partial charge < -0.3 is 4.90 Å². The van der Waals surface area contributed by atoms with Crippen LogP contribution in [-0.4, -0.2) is 70.8 Å². The first-order valence-electron chi connectivity index (χ1n) is 14.0. The lowest BCUT2D eigenvalue weighted by Crippen LogP contribution is -2.75. The van der Waals surface area contributed by atoms with Gasteiger partial charge in [0, 0.05) is 37.1 Å². The Morgan fingerprint density at radius 2 is 1.73 bits per heavy atom. The van der Waals surface area contributed by atoms with Crippen molar-refractivity contribution >= 4 is 29.1 Å². The molecule has 4 heterocycles. The summed E-state index contributed by atoms with van der Waals surface area (Å²) in [6, 6.07) is 15.4. The van der Waals surface area contributed by atoms with Crippen LogP contribution >= 0.6 is 0 Å². The van der Waals surface area contributed by atoms with Crippen molar-refractivity contribution in [2.24, 2.45) is 9.98 Å². The van der Waals surface area contributed by atoms with Crippen LogP contribution in [0.3, 0.4) is 0 Å². The van der Waals surface area contributed by atoms with Gasteiger partial charge in [0.05, 0.1) is 41.1 Å². The van der Waals surface area contributed by atoms with Gasteiger partial charge in [0.15, 0.2) is 6.20 Å². The van der Waals surface area contributed by atoms with Gasteiger partial charge in [0.2, 0.25) is 12.0 Å². The second-order valence-corrected chi connectivity index (χ2v) is 11.2. The predicted octanol–water partition coefficient (Wildman–Crippen LogP) is 6.03. The largest absolute Gasteiger partial charge is 0.417 e. The van der Waals surface area contributed by atoms with E-state index in [0.29, 0.717) is 16.8 Å². The summed E-state index contributed by atoms with van der Waals surface area (Å²) in [6.45, 7) is 3.73. The monoisotopic (exact) mass is 558 g/mol. The molecular formula is C31H31F3N7+. The van der Waals surface area contributed by atoms with E-state index in [1.165, 1.54) is 0 Å². The number of nitrogens with zero attached hydrogens (tertiary/aromatic N) is 7. The van der Waals surface area contributed by atoms with Crippen LogP contribution in [0.5, 0.6) is 0 Å². The molecule has 0 bridgehead atoms. The topological polar surface area (TPSA) is 47.3 Å². The maximum Gasteiger partial charge on any atom is 0.417 e. The molecule has 4 aliphatic rings. The van der Waals surface area contributed by atoms with Crippen LogP contribution < -0.4 is 5.01 Å². The molecule has 0 radical (unpaired) electrons. The van der Waals surface area contributed by atoms with Crippen molar-refractivity contribution in [1.29, 1.82) is 0 Å². The number of pyridine rings is 1. The molecule has 1 aromatic heterocycles. The second kappa shape index (κ2) is 9.61. The number of fused-ring (bicyclic) bond motifs is 2. The van der Waals surface area contributed by atoms with Crippen molar-refractivity contribution < 1.29 is 17.8 Å². The minimum Gasteiger partial charge on any atom is -0.304 e. The third-order valence-electron chi connectivity index (χ3n) is 8.83. The molecule has 0 spiro atoms. The number of aliphatic imine (C=N–C) groups is 2. The highest BCUT2D eigenvalue weighted by Crippen LogP contribution is 2.49. The van der Waals surface area contributed by atoms with E-state index in [0.717, 1.165) is 62.9 Å². The standard InChI is InChI=1S/C31H31F3N7/c1-38-13-15-39(16-14-38)30(10-5-11-30)40(41-17-12-35-20-25(41)21-36-22-41)24-8-9-26-27(31(32,33)34)19-28(37-29(26)18-24)23-6-3-2-4-7-23/h2-4,6-9,12,17-22H,5,10-11,13-16H2,1H3/q+1. The second-order valence-electron chi connectivity index (χ2n) is 11.2. The quantitative estimate of drug-likeness (QED) is 0.359. The number of hydrogen-bond donors (Lipinski definition) is 0. The van der Waals surface area contributed by atoms with Crippen molar-refractivity contribution in [3.8, 4) is 11.3 Å². The average molecular weight is 559 g/mol. The maximum absolute atomic E-state index is 14.4. The van der Waals surface area contributed by atoms with Gasteiger partial charge in [0.1, 0.15) is 5.66 Å². The molecule has 7 rings (SSSR count). The first-order valence-corrected chi connectivity index (χ1v) is 14.0. The smallest absolute Gasteiger partial charge is 0.304 e. The maximum atomic E-state index is 14.4. The van der Waals surface area contributed by atoms with Gasteiger partial charge in [-0.1, -0.05) is 30.3 Å². The third-order valence-corrected chi connectivity index (χ3v) is 8.83. The van der Waals surface area contributed by atoms with E-state index < -0.39 is 11.7 Å². The van der Waals surface area contributed by atoms with Crippen molar-refractivity contribution in [1.82, 2.24) is 14.8 Å². The van der Waals surface area contributed by atoms with E-state index in [4.69, 9.17) is 4.98 Å². The molecule has 210 valence electrons. The van der Waals surface area contributed by atoms with E-state index in [9.17, 15) is 13.2 Å². The molecular weight excluding hydrogens is 527 g/mol. The highest BCUT2D eigenvalue weighted by atomic mass is 19.4. The normalized spacial score (nSPS) is 23.9. The van der Waals surface area contributed by atoms with Crippen molar-refractivity contribution in [3.05, 3.63) is 84.5 Å². The number of piperazine rings is 1. The number of aromatic nitrogens is 1.